The van der Waals surface area contributed by atoms with E-state index in [4.69, 9.17) is 19.9 Å². The Balaban J connectivity index is 2.09. The van der Waals surface area contributed by atoms with Crippen LogP contribution in [0, 0.1) is 0 Å². The van der Waals surface area contributed by atoms with E-state index in [0.29, 0.717) is 33.0 Å². The van der Waals surface area contributed by atoms with Crippen molar-refractivity contribution in [2.45, 2.75) is 13.0 Å². The first-order valence-corrected chi connectivity index (χ1v) is 5.85. The Labute approximate surface area is 103 Å². The molecule has 0 saturated heterocycles. The Morgan fingerprint density at radius 1 is 1.12 bits per heavy atom. The van der Waals surface area contributed by atoms with E-state index in [1.807, 2.05) is 24.3 Å². The van der Waals surface area contributed by atoms with Gasteiger partial charge in [-0.2, -0.15) is 0 Å². The molecular formula is C13H21NO3. The molecular weight excluding hydrogens is 218 g/mol. The summed E-state index contributed by atoms with van der Waals surface area (Å²) >= 11 is 0. The summed E-state index contributed by atoms with van der Waals surface area (Å²) in [4.78, 5) is 0. The molecule has 0 saturated carbocycles. The third-order valence-electron chi connectivity index (χ3n) is 2.27. The monoisotopic (exact) mass is 239 g/mol. The second kappa shape index (κ2) is 8.98. The van der Waals surface area contributed by atoms with E-state index in [-0.39, 0.29) is 0 Å². The van der Waals surface area contributed by atoms with Crippen LogP contribution in [0.1, 0.15) is 12.0 Å². The van der Waals surface area contributed by atoms with Crippen molar-refractivity contribution in [3.8, 4) is 5.75 Å². The van der Waals surface area contributed by atoms with Crippen molar-refractivity contribution in [3.63, 3.8) is 0 Å². The minimum absolute atomic E-state index is 0.539. The van der Waals surface area contributed by atoms with Crippen LogP contribution in [-0.4, -0.2) is 33.5 Å². The maximum absolute atomic E-state index is 5.59. The zero-order valence-electron chi connectivity index (χ0n) is 10.4. The Kier molecular flexibility index (Phi) is 7.38. The molecule has 0 radical (unpaired) electrons. The first-order valence-electron chi connectivity index (χ1n) is 5.85. The Morgan fingerprint density at radius 2 is 2.00 bits per heavy atom. The number of rotatable bonds is 9. The molecule has 0 aliphatic heterocycles. The van der Waals surface area contributed by atoms with Crippen LogP contribution in [0.25, 0.3) is 0 Å². The van der Waals surface area contributed by atoms with Crippen molar-refractivity contribution in [1.82, 2.24) is 0 Å². The number of hydrogen-bond acceptors (Lipinski definition) is 4. The van der Waals surface area contributed by atoms with Crippen LogP contribution < -0.4 is 10.5 Å². The molecule has 2 N–H and O–H groups in total. The van der Waals surface area contributed by atoms with E-state index in [1.165, 1.54) is 0 Å². The van der Waals surface area contributed by atoms with Gasteiger partial charge in [0.25, 0.3) is 0 Å². The van der Waals surface area contributed by atoms with E-state index in [1.54, 1.807) is 7.11 Å². The van der Waals surface area contributed by atoms with Crippen LogP contribution in [0.3, 0.4) is 0 Å². The normalized spacial score (nSPS) is 10.5. The van der Waals surface area contributed by atoms with Crippen LogP contribution in [-0.2, 0) is 16.0 Å². The fourth-order valence-electron chi connectivity index (χ4n) is 1.36. The number of ether oxygens (including phenoxy) is 3. The Bertz CT molecular complexity index is 304. The third kappa shape index (κ3) is 6.26. The van der Waals surface area contributed by atoms with Crippen LogP contribution in [0.5, 0.6) is 5.75 Å². The first-order chi connectivity index (χ1) is 8.36. The lowest BCUT2D eigenvalue weighted by Crippen LogP contribution is -2.07. The van der Waals surface area contributed by atoms with Crippen LogP contribution in [0.4, 0.5) is 0 Å². The molecule has 1 rings (SSSR count). The topological polar surface area (TPSA) is 53.7 Å². The zero-order chi connectivity index (χ0) is 12.3. The maximum Gasteiger partial charge on any atom is 0.119 e. The average molecular weight is 239 g/mol. The second-order valence-corrected chi connectivity index (χ2v) is 3.66. The largest absolute Gasteiger partial charge is 0.493 e. The fourth-order valence-corrected chi connectivity index (χ4v) is 1.36. The average Bonchev–Trinajstić information content (AvgIpc) is 2.38. The highest BCUT2D eigenvalue weighted by molar-refractivity contribution is 5.28. The Hall–Kier alpha value is -1.10. The molecule has 4 nitrogen and oxygen atoms in total. The quantitative estimate of drug-likeness (QED) is 0.665. The van der Waals surface area contributed by atoms with Crippen LogP contribution >= 0.6 is 0 Å². The molecule has 4 heteroatoms. The molecule has 0 unspecified atom stereocenters. The van der Waals surface area contributed by atoms with Crippen molar-refractivity contribution in [2.75, 3.05) is 33.5 Å². The van der Waals surface area contributed by atoms with Gasteiger partial charge in [0.1, 0.15) is 5.75 Å². The van der Waals surface area contributed by atoms with E-state index in [2.05, 4.69) is 0 Å². The molecule has 1 aromatic rings. The highest BCUT2D eigenvalue weighted by Gasteiger charge is 1.95. The standard InChI is InChI=1S/C13H21NO3/c1-15-8-9-16-6-3-7-17-13-5-2-4-12(10-13)11-14/h2,4-5,10H,3,6-9,11,14H2,1H3. The van der Waals surface area contributed by atoms with Crippen molar-refractivity contribution in [1.29, 1.82) is 0 Å². The highest BCUT2D eigenvalue weighted by Crippen LogP contribution is 2.12. The second-order valence-electron chi connectivity index (χ2n) is 3.66. The predicted octanol–water partition coefficient (Wildman–Crippen LogP) is 1.58. The molecule has 0 bridgehead atoms. The predicted molar refractivity (Wildman–Crippen MR) is 67.1 cm³/mol. The van der Waals surface area contributed by atoms with Gasteiger partial charge in [-0.15, -0.1) is 0 Å². The first kappa shape index (κ1) is 14.0. The number of hydrogen-bond donors (Lipinski definition) is 1. The van der Waals surface area contributed by atoms with Gasteiger partial charge in [0.15, 0.2) is 0 Å². The molecule has 0 aliphatic carbocycles. The number of methoxy groups -OCH3 is 1. The summed E-state index contributed by atoms with van der Waals surface area (Å²) < 4.78 is 15.8. The Morgan fingerprint density at radius 3 is 2.76 bits per heavy atom. The number of benzene rings is 1. The van der Waals surface area contributed by atoms with Crippen molar-refractivity contribution in [2.24, 2.45) is 5.73 Å². The van der Waals surface area contributed by atoms with E-state index < -0.39 is 0 Å². The molecule has 0 amide bonds. The number of nitrogens with two attached hydrogens (primary N) is 1. The molecule has 17 heavy (non-hydrogen) atoms. The summed E-state index contributed by atoms with van der Waals surface area (Å²) in [5.41, 5.74) is 6.64. The van der Waals surface area contributed by atoms with Gasteiger partial charge in [-0.1, -0.05) is 12.1 Å². The molecule has 96 valence electrons. The lowest BCUT2D eigenvalue weighted by atomic mass is 10.2. The van der Waals surface area contributed by atoms with Gasteiger partial charge in [-0.3, -0.25) is 0 Å². The molecule has 0 aliphatic rings. The summed E-state index contributed by atoms with van der Waals surface area (Å²) in [6.45, 7) is 3.16. The zero-order valence-corrected chi connectivity index (χ0v) is 10.4. The molecule has 1 aromatic carbocycles. The van der Waals surface area contributed by atoms with E-state index in [9.17, 15) is 0 Å². The van der Waals surface area contributed by atoms with Gasteiger partial charge in [-0.25, -0.2) is 0 Å². The summed E-state index contributed by atoms with van der Waals surface area (Å²) in [5.74, 6) is 0.866. The SMILES string of the molecule is COCCOCCCOc1cccc(CN)c1. The lowest BCUT2D eigenvalue weighted by molar-refractivity contribution is 0.0644. The minimum Gasteiger partial charge on any atom is -0.493 e. The third-order valence-corrected chi connectivity index (χ3v) is 2.27. The van der Waals surface area contributed by atoms with Crippen LogP contribution in [0.2, 0.25) is 0 Å². The molecule has 0 aromatic heterocycles. The highest BCUT2D eigenvalue weighted by atomic mass is 16.5. The van der Waals surface area contributed by atoms with Crippen LogP contribution in [0.15, 0.2) is 24.3 Å². The maximum atomic E-state index is 5.59. The van der Waals surface area contributed by atoms with Crippen molar-refractivity contribution >= 4 is 0 Å². The van der Waals surface area contributed by atoms with Gasteiger partial charge in [0.2, 0.25) is 0 Å². The van der Waals surface area contributed by atoms with Gasteiger partial charge >= 0.3 is 0 Å². The molecule has 0 atom stereocenters. The molecule has 0 fully saturated rings. The van der Waals surface area contributed by atoms with Gasteiger partial charge in [0.05, 0.1) is 19.8 Å². The van der Waals surface area contributed by atoms with Gasteiger partial charge < -0.3 is 19.9 Å². The van der Waals surface area contributed by atoms with Crippen molar-refractivity contribution in [3.05, 3.63) is 29.8 Å². The molecule has 0 heterocycles. The summed E-state index contributed by atoms with van der Waals surface area (Å²) in [6.07, 6.45) is 0.872. The van der Waals surface area contributed by atoms with E-state index in [0.717, 1.165) is 17.7 Å². The lowest BCUT2D eigenvalue weighted by Gasteiger charge is -2.07. The van der Waals surface area contributed by atoms with Crippen molar-refractivity contribution < 1.29 is 14.2 Å². The summed E-state index contributed by atoms with van der Waals surface area (Å²) in [5, 5.41) is 0. The summed E-state index contributed by atoms with van der Waals surface area (Å²) in [7, 11) is 1.66. The minimum atomic E-state index is 0.539. The summed E-state index contributed by atoms with van der Waals surface area (Å²) in [6, 6.07) is 7.84. The smallest absolute Gasteiger partial charge is 0.119 e. The fraction of sp³-hybridized carbons (Fsp3) is 0.538. The molecule has 0 spiro atoms. The van der Waals surface area contributed by atoms with E-state index >= 15 is 0 Å². The van der Waals surface area contributed by atoms with Gasteiger partial charge in [-0.05, 0) is 17.7 Å². The van der Waals surface area contributed by atoms with Gasteiger partial charge in [0, 0.05) is 26.7 Å².